The average Bonchev–Trinajstić information content (AvgIpc) is 2.90. The van der Waals surface area contributed by atoms with Gasteiger partial charge in [-0.2, -0.15) is 0 Å². The molecule has 4 rings (SSSR count). The first kappa shape index (κ1) is 25.7. The highest BCUT2D eigenvalue weighted by Crippen LogP contribution is 2.31. The van der Waals surface area contributed by atoms with E-state index in [0.29, 0.717) is 59.4 Å². The Morgan fingerprint density at radius 2 is 1.97 bits per heavy atom. The number of rotatable bonds is 6. The molecule has 0 saturated carbocycles. The molecule has 2 heterocycles. The summed E-state index contributed by atoms with van der Waals surface area (Å²) in [6.07, 6.45) is 0.429. The van der Waals surface area contributed by atoms with Crippen molar-refractivity contribution in [3.63, 3.8) is 0 Å². The average molecular weight is 512 g/mol. The number of aliphatic hydroxyl groups is 1. The Morgan fingerprint density at radius 3 is 2.67 bits per heavy atom. The van der Waals surface area contributed by atoms with Crippen LogP contribution in [-0.2, 0) is 11.3 Å². The van der Waals surface area contributed by atoms with Crippen LogP contribution >= 0.6 is 11.6 Å². The number of hydrogen-bond acceptors (Lipinski definition) is 6. The predicted octanol–water partition coefficient (Wildman–Crippen LogP) is 4.75. The number of ether oxygens (including phenoxy) is 2. The van der Waals surface area contributed by atoms with Gasteiger partial charge in [0.1, 0.15) is 5.75 Å². The van der Waals surface area contributed by atoms with Crippen LogP contribution in [0, 0.1) is 0 Å². The van der Waals surface area contributed by atoms with Gasteiger partial charge in [-0.05, 0) is 49.7 Å². The number of nitrogens with zero attached hydrogens (tertiary/aromatic N) is 3. The topological polar surface area (TPSA) is 92.2 Å². The molecule has 1 fully saturated rings. The van der Waals surface area contributed by atoms with E-state index in [-0.39, 0.29) is 24.6 Å². The lowest BCUT2D eigenvalue weighted by Gasteiger charge is -2.39. The Labute approximate surface area is 215 Å². The van der Waals surface area contributed by atoms with Crippen LogP contribution in [0.15, 0.2) is 42.5 Å². The highest BCUT2D eigenvalue weighted by molar-refractivity contribution is 6.35. The van der Waals surface area contributed by atoms with E-state index in [1.54, 1.807) is 47.2 Å². The van der Waals surface area contributed by atoms with Crippen LogP contribution in [0.4, 0.5) is 4.79 Å². The molecule has 3 aromatic rings. The van der Waals surface area contributed by atoms with Crippen molar-refractivity contribution in [1.29, 1.82) is 0 Å². The molecule has 1 aliphatic heterocycles. The molecule has 1 aliphatic rings. The molecule has 36 heavy (non-hydrogen) atoms. The molecule has 0 spiro atoms. The number of hydrogen-bond donors (Lipinski definition) is 1. The smallest absolute Gasteiger partial charge is 0.410 e. The Morgan fingerprint density at radius 1 is 1.17 bits per heavy atom. The number of pyridine rings is 1. The predicted molar refractivity (Wildman–Crippen MR) is 138 cm³/mol. The Kier molecular flexibility index (Phi) is 7.96. The molecule has 0 aliphatic carbocycles. The van der Waals surface area contributed by atoms with Crippen molar-refractivity contribution in [2.75, 3.05) is 33.4 Å². The van der Waals surface area contributed by atoms with E-state index < -0.39 is 0 Å². The van der Waals surface area contributed by atoms with Gasteiger partial charge >= 0.3 is 6.09 Å². The molecule has 2 amide bonds. The van der Waals surface area contributed by atoms with E-state index >= 15 is 0 Å². The zero-order chi connectivity index (χ0) is 25.8. The fraction of sp³-hybridized carbons (Fsp3) is 0.370. The van der Waals surface area contributed by atoms with Gasteiger partial charge in [0, 0.05) is 47.8 Å². The molecule has 0 bridgehead atoms. The van der Waals surface area contributed by atoms with Crippen molar-refractivity contribution in [1.82, 2.24) is 14.8 Å². The van der Waals surface area contributed by atoms with Gasteiger partial charge in [-0.1, -0.05) is 24.6 Å². The molecule has 190 valence electrons. The fourth-order valence-corrected chi connectivity index (χ4v) is 4.66. The second kappa shape index (κ2) is 11.1. The molecule has 0 radical (unpaired) electrons. The molecule has 1 saturated heterocycles. The summed E-state index contributed by atoms with van der Waals surface area (Å²) in [6.45, 7) is 5.34. The van der Waals surface area contributed by atoms with Crippen molar-refractivity contribution < 1.29 is 24.2 Å². The number of methoxy groups -OCH3 is 1. The van der Waals surface area contributed by atoms with Crippen LogP contribution in [0.2, 0.25) is 5.02 Å². The maximum atomic E-state index is 13.3. The van der Waals surface area contributed by atoms with E-state index in [2.05, 4.69) is 0 Å². The van der Waals surface area contributed by atoms with Gasteiger partial charge in [0.15, 0.2) is 0 Å². The molecule has 9 heteroatoms. The monoisotopic (exact) mass is 511 g/mol. The zero-order valence-electron chi connectivity index (χ0n) is 20.7. The van der Waals surface area contributed by atoms with E-state index in [9.17, 15) is 14.7 Å². The summed E-state index contributed by atoms with van der Waals surface area (Å²) < 4.78 is 10.5. The first-order valence-electron chi connectivity index (χ1n) is 12.0. The molecular weight excluding hydrogens is 482 g/mol. The van der Waals surface area contributed by atoms with Gasteiger partial charge in [-0.25, -0.2) is 9.78 Å². The highest BCUT2D eigenvalue weighted by atomic mass is 35.5. The zero-order valence-corrected chi connectivity index (χ0v) is 21.4. The lowest BCUT2D eigenvalue weighted by Crippen LogP contribution is -2.55. The normalized spacial score (nSPS) is 15.8. The van der Waals surface area contributed by atoms with E-state index in [1.807, 2.05) is 26.0 Å². The van der Waals surface area contributed by atoms with Gasteiger partial charge in [0.2, 0.25) is 0 Å². The maximum Gasteiger partial charge on any atom is 0.410 e. The van der Waals surface area contributed by atoms with E-state index in [0.717, 1.165) is 17.4 Å². The summed E-state index contributed by atoms with van der Waals surface area (Å²) in [7, 11) is 1.55. The van der Waals surface area contributed by atoms with Crippen molar-refractivity contribution >= 4 is 34.5 Å². The molecule has 2 aromatic carbocycles. The van der Waals surface area contributed by atoms with Gasteiger partial charge in [0.05, 0.1) is 36.6 Å². The van der Waals surface area contributed by atoms with Crippen molar-refractivity contribution in [2.24, 2.45) is 0 Å². The quantitative estimate of drug-likeness (QED) is 0.513. The summed E-state index contributed by atoms with van der Waals surface area (Å²) in [5.74, 6) is 0.467. The number of amides is 2. The summed E-state index contributed by atoms with van der Waals surface area (Å²) in [4.78, 5) is 33.8. The molecule has 1 atom stereocenters. The standard InChI is InChI=1S/C27H30ClN3O5/c1-4-11-36-27(34)31-10-9-30(15-17(31)2)26(33)19-5-7-21-22(28)14-23(29-24(21)13-19)18-6-8-25(35-3)20(12-18)16-32/h5-8,12-14,17,32H,4,9-11,15-16H2,1-3H3. The fourth-order valence-electron chi connectivity index (χ4n) is 4.40. The summed E-state index contributed by atoms with van der Waals surface area (Å²) >= 11 is 6.57. The lowest BCUT2D eigenvalue weighted by molar-refractivity contribution is 0.0412. The molecular formula is C27H30ClN3O5. The number of piperazine rings is 1. The van der Waals surface area contributed by atoms with Gasteiger partial charge < -0.3 is 24.4 Å². The minimum atomic E-state index is -0.337. The van der Waals surface area contributed by atoms with Crippen molar-refractivity contribution in [3.05, 3.63) is 58.6 Å². The summed E-state index contributed by atoms with van der Waals surface area (Å²) in [5, 5.41) is 10.9. The Balaban J connectivity index is 1.58. The number of carbonyl (C=O) groups is 2. The highest BCUT2D eigenvalue weighted by Gasteiger charge is 2.31. The maximum absolute atomic E-state index is 13.3. The largest absolute Gasteiger partial charge is 0.496 e. The number of benzene rings is 2. The van der Waals surface area contributed by atoms with E-state index in [4.69, 9.17) is 26.1 Å². The van der Waals surface area contributed by atoms with Crippen LogP contribution in [0.1, 0.15) is 36.2 Å². The van der Waals surface area contributed by atoms with E-state index in [1.165, 1.54) is 0 Å². The van der Waals surface area contributed by atoms with Crippen LogP contribution in [0.25, 0.3) is 22.2 Å². The van der Waals surface area contributed by atoms with Crippen molar-refractivity contribution in [2.45, 2.75) is 32.9 Å². The summed E-state index contributed by atoms with van der Waals surface area (Å²) in [5.41, 5.74) is 3.15. The third-order valence-electron chi connectivity index (χ3n) is 6.33. The van der Waals surface area contributed by atoms with Gasteiger partial charge in [-0.15, -0.1) is 0 Å². The van der Waals surface area contributed by atoms with Gasteiger partial charge in [-0.3, -0.25) is 4.79 Å². The minimum Gasteiger partial charge on any atom is -0.496 e. The third-order valence-corrected chi connectivity index (χ3v) is 6.64. The number of aliphatic hydroxyl groups excluding tert-OH is 1. The Bertz CT molecular complexity index is 1280. The van der Waals surface area contributed by atoms with Crippen molar-refractivity contribution in [3.8, 4) is 17.0 Å². The second-order valence-electron chi connectivity index (χ2n) is 8.81. The SMILES string of the molecule is CCCOC(=O)N1CCN(C(=O)c2ccc3c(Cl)cc(-c4ccc(OC)c(CO)c4)nc3c2)CC1C. The second-order valence-corrected chi connectivity index (χ2v) is 9.22. The minimum absolute atomic E-state index is 0.124. The molecule has 8 nitrogen and oxygen atoms in total. The molecule has 1 unspecified atom stereocenters. The van der Waals surface area contributed by atoms with Crippen LogP contribution in [0.5, 0.6) is 5.75 Å². The molecule has 1 N–H and O–H groups in total. The van der Waals surface area contributed by atoms with Crippen LogP contribution < -0.4 is 4.74 Å². The third kappa shape index (κ3) is 5.24. The lowest BCUT2D eigenvalue weighted by atomic mass is 10.0. The summed E-state index contributed by atoms with van der Waals surface area (Å²) in [6, 6.07) is 12.4. The first-order chi connectivity index (χ1) is 17.4. The first-order valence-corrected chi connectivity index (χ1v) is 12.3. The number of carbonyl (C=O) groups excluding carboxylic acids is 2. The number of fused-ring (bicyclic) bond motifs is 1. The molecule has 1 aromatic heterocycles. The van der Waals surface area contributed by atoms with Crippen LogP contribution in [0.3, 0.4) is 0 Å². The van der Waals surface area contributed by atoms with Gasteiger partial charge in [0.25, 0.3) is 5.91 Å². The Hall–Kier alpha value is -3.36. The number of halogens is 1. The van der Waals surface area contributed by atoms with Crippen LogP contribution in [-0.4, -0.2) is 71.3 Å². The number of aromatic nitrogens is 1.